The third-order valence-corrected chi connectivity index (χ3v) is 4.61. The van der Waals surface area contributed by atoms with Gasteiger partial charge in [-0.05, 0) is 38.3 Å². The third-order valence-electron chi connectivity index (χ3n) is 4.30. The molecule has 28 heavy (non-hydrogen) atoms. The number of carboxylic acid groups (broad SMARTS) is 1. The second-order valence-corrected chi connectivity index (χ2v) is 7.64. The zero-order valence-electron chi connectivity index (χ0n) is 16.8. The van der Waals surface area contributed by atoms with Crippen molar-refractivity contribution in [2.75, 3.05) is 11.9 Å². The van der Waals surface area contributed by atoms with Gasteiger partial charge in [-0.2, -0.15) is 5.10 Å². The van der Waals surface area contributed by atoms with E-state index in [0.29, 0.717) is 27.9 Å². The molecule has 1 amide bonds. The number of ether oxygens (including phenoxy) is 1. The Balaban J connectivity index is 2.16. The first kappa shape index (κ1) is 21.8. The molecule has 152 valence electrons. The Hall–Kier alpha value is -2.54. The molecule has 0 spiro atoms. The van der Waals surface area contributed by atoms with Crippen molar-refractivity contribution in [3.05, 3.63) is 39.7 Å². The van der Waals surface area contributed by atoms with Crippen LogP contribution in [-0.2, 0) is 22.6 Å². The summed E-state index contributed by atoms with van der Waals surface area (Å²) in [7, 11) is 0. The molecule has 0 unspecified atom stereocenters. The Morgan fingerprint density at radius 2 is 1.96 bits per heavy atom. The lowest BCUT2D eigenvalue weighted by atomic mass is 10.1. The Bertz CT molecular complexity index is 890. The Morgan fingerprint density at radius 1 is 1.29 bits per heavy atom. The van der Waals surface area contributed by atoms with Crippen LogP contribution in [0.1, 0.15) is 36.4 Å². The molecule has 0 saturated carbocycles. The molecule has 0 aliphatic rings. The van der Waals surface area contributed by atoms with E-state index >= 15 is 0 Å². The number of carbonyl (C=O) groups excluding carboxylic acids is 1. The summed E-state index contributed by atoms with van der Waals surface area (Å²) in [5.41, 5.74) is 3.76. The molecule has 1 heterocycles. The van der Waals surface area contributed by atoms with E-state index in [1.54, 1.807) is 19.1 Å². The normalized spacial score (nSPS) is 11.0. The predicted molar refractivity (Wildman–Crippen MR) is 108 cm³/mol. The van der Waals surface area contributed by atoms with Crippen LogP contribution in [0.2, 0.25) is 5.02 Å². The van der Waals surface area contributed by atoms with E-state index in [1.807, 2.05) is 18.5 Å². The Morgan fingerprint density at radius 3 is 2.57 bits per heavy atom. The number of carbonyl (C=O) groups is 2. The molecule has 2 N–H and O–H groups in total. The number of benzene rings is 1. The predicted octanol–water partition coefficient (Wildman–Crippen LogP) is 3.76. The maximum absolute atomic E-state index is 12.6. The van der Waals surface area contributed by atoms with Crippen molar-refractivity contribution in [2.45, 2.75) is 47.6 Å². The fourth-order valence-corrected chi connectivity index (χ4v) is 3.18. The van der Waals surface area contributed by atoms with Gasteiger partial charge in [0.2, 0.25) is 5.91 Å². The van der Waals surface area contributed by atoms with Crippen molar-refractivity contribution in [1.29, 1.82) is 0 Å². The smallest absolute Gasteiger partial charge is 0.341 e. The molecule has 2 aromatic rings. The second-order valence-electron chi connectivity index (χ2n) is 7.23. The molecule has 0 fully saturated rings. The topological polar surface area (TPSA) is 93.5 Å². The number of anilines is 1. The second kappa shape index (κ2) is 9.10. The molecule has 0 aliphatic carbocycles. The molecule has 2 rings (SSSR count). The number of rotatable bonds is 8. The van der Waals surface area contributed by atoms with Crippen molar-refractivity contribution in [3.8, 4) is 5.75 Å². The van der Waals surface area contributed by atoms with Crippen molar-refractivity contribution in [2.24, 2.45) is 5.92 Å². The molecule has 0 radical (unpaired) electrons. The van der Waals surface area contributed by atoms with Gasteiger partial charge >= 0.3 is 5.97 Å². The fourth-order valence-electron chi connectivity index (χ4n) is 2.91. The van der Waals surface area contributed by atoms with Crippen LogP contribution >= 0.6 is 11.6 Å². The molecule has 0 aliphatic heterocycles. The Kier molecular flexibility index (Phi) is 7.07. The summed E-state index contributed by atoms with van der Waals surface area (Å²) in [6, 6.07) is 3.17. The van der Waals surface area contributed by atoms with Crippen LogP contribution in [-0.4, -0.2) is 33.4 Å². The van der Waals surface area contributed by atoms with E-state index < -0.39 is 12.6 Å². The van der Waals surface area contributed by atoms with Crippen LogP contribution < -0.4 is 10.1 Å². The molecule has 0 bridgehead atoms. The average Bonchev–Trinajstić information content (AvgIpc) is 2.83. The molecule has 7 nitrogen and oxygen atoms in total. The van der Waals surface area contributed by atoms with Crippen LogP contribution in [0.25, 0.3) is 0 Å². The molecular weight excluding hydrogens is 382 g/mol. The largest absolute Gasteiger partial charge is 0.482 e. The number of aliphatic carboxylic acids is 1. The van der Waals surface area contributed by atoms with Crippen LogP contribution in [0.5, 0.6) is 5.75 Å². The number of aromatic nitrogens is 2. The van der Waals surface area contributed by atoms with Crippen LogP contribution in [0.3, 0.4) is 0 Å². The lowest BCUT2D eigenvalue weighted by molar-refractivity contribution is -0.139. The maximum Gasteiger partial charge on any atom is 0.341 e. The molecule has 0 atom stereocenters. The summed E-state index contributed by atoms with van der Waals surface area (Å²) in [5.74, 6) is -0.496. The van der Waals surface area contributed by atoms with E-state index in [9.17, 15) is 9.59 Å². The maximum atomic E-state index is 12.6. The molecular formula is C20H26ClN3O4. The zero-order chi connectivity index (χ0) is 21.0. The van der Waals surface area contributed by atoms with Gasteiger partial charge in [0, 0.05) is 23.9 Å². The van der Waals surface area contributed by atoms with E-state index in [-0.39, 0.29) is 12.3 Å². The van der Waals surface area contributed by atoms with E-state index in [2.05, 4.69) is 24.3 Å². The van der Waals surface area contributed by atoms with Gasteiger partial charge in [-0.3, -0.25) is 9.48 Å². The van der Waals surface area contributed by atoms with Gasteiger partial charge in [0.05, 0.1) is 22.8 Å². The Labute approximate surface area is 169 Å². The van der Waals surface area contributed by atoms with Crippen molar-refractivity contribution in [3.63, 3.8) is 0 Å². The molecule has 1 aromatic heterocycles. The van der Waals surface area contributed by atoms with E-state index in [4.69, 9.17) is 21.4 Å². The summed E-state index contributed by atoms with van der Waals surface area (Å²) < 4.78 is 7.18. The first-order chi connectivity index (χ1) is 13.1. The highest BCUT2D eigenvalue weighted by Crippen LogP contribution is 2.31. The highest BCUT2D eigenvalue weighted by atomic mass is 35.5. The zero-order valence-corrected chi connectivity index (χ0v) is 17.6. The van der Waals surface area contributed by atoms with E-state index in [1.165, 1.54) is 0 Å². The lowest BCUT2D eigenvalue weighted by Crippen LogP contribution is -2.16. The van der Waals surface area contributed by atoms with Crippen LogP contribution in [0, 0.1) is 26.7 Å². The van der Waals surface area contributed by atoms with Crippen molar-refractivity contribution >= 4 is 29.2 Å². The first-order valence-electron chi connectivity index (χ1n) is 9.06. The number of hydrogen-bond acceptors (Lipinski definition) is 4. The molecule has 8 heteroatoms. The van der Waals surface area contributed by atoms with Crippen LogP contribution in [0.4, 0.5) is 5.69 Å². The van der Waals surface area contributed by atoms with Gasteiger partial charge in [0.25, 0.3) is 0 Å². The number of hydrogen-bond donors (Lipinski definition) is 2. The standard InChI is InChI=1S/C20H26ClN3O4/c1-11(2)9-24-14(5)15(13(4)23-24)7-19(25)22-17-8-18(28-10-20(26)27)12(3)6-16(17)21/h6,8,11H,7,9-10H2,1-5H3,(H,22,25)(H,26,27). The minimum Gasteiger partial charge on any atom is -0.482 e. The van der Waals surface area contributed by atoms with Gasteiger partial charge in [-0.15, -0.1) is 0 Å². The van der Waals surface area contributed by atoms with Gasteiger partial charge in [-0.1, -0.05) is 25.4 Å². The number of halogens is 1. The van der Waals surface area contributed by atoms with Gasteiger partial charge in [0.1, 0.15) is 5.75 Å². The highest BCUT2D eigenvalue weighted by molar-refractivity contribution is 6.33. The van der Waals surface area contributed by atoms with Gasteiger partial charge in [-0.25, -0.2) is 4.79 Å². The van der Waals surface area contributed by atoms with Gasteiger partial charge < -0.3 is 15.2 Å². The first-order valence-corrected chi connectivity index (χ1v) is 9.43. The van der Waals surface area contributed by atoms with E-state index in [0.717, 1.165) is 23.5 Å². The minimum atomic E-state index is -1.08. The average molecular weight is 408 g/mol. The minimum absolute atomic E-state index is 0.172. The van der Waals surface area contributed by atoms with Crippen LogP contribution in [0.15, 0.2) is 12.1 Å². The number of amides is 1. The summed E-state index contributed by atoms with van der Waals surface area (Å²) in [6.07, 6.45) is 0.172. The van der Waals surface area contributed by atoms with Crippen molar-refractivity contribution < 1.29 is 19.4 Å². The summed E-state index contributed by atoms with van der Waals surface area (Å²) in [6.45, 7) is 10.2. The third kappa shape index (κ3) is 5.48. The number of nitrogens with zero attached hydrogens (tertiary/aromatic N) is 2. The fraction of sp³-hybridized carbons (Fsp3) is 0.450. The van der Waals surface area contributed by atoms with Gasteiger partial charge in [0.15, 0.2) is 6.61 Å². The number of carboxylic acids is 1. The highest BCUT2D eigenvalue weighted by Gasteiger charge is 2.17. The quantitative estimate of drug-likeness (QED) is 0.694. The number of aryl methyl sites for hydroxylation is 2. The summed E-state index contributed by atoms with van der Waals surface area (Å²) in [5, 5.41) is 16.5. The van der Waals surface area contributed by atoms with Crippen molar-refractivity contribution in [1.82, 2.24) is 9.78 Å². The summed E-state index contributed by atoms with van der Waals surface area (Å²) >= 11 is 6.23. The lowest BCUT2D eigenvalue weighted by Gasteiger charge is -2.13. The summed E-state index contributed by atoms with van der Waals surface area (Å²) in [4.78, 5) is 23.3. The SMILES string of the molecule is Cc1cc(Cl)c(NC(=O)Cc2c(C)nn(CC(C)C)c2C)cc1OCC(=O)O. The molecule has 1 aromatic carbocycles. The monoisotopic (exact) mass is 407 g/mol. The molecule has 0 saturated heterocycles. The number of nitrogens with one attached hydrogen (secondary N) is 1.